The number of rotatable bonds is 3. The van der Waals surface area contributed by atoms with E-state index in [4.69, 9.17) is 11.6 Å². The summed E-state index contributed by atoms with van der Waals surface area (Å²) in [6, 6.07) is 13.9. The van der Waals surface area contributed by atoms with Crippen LogP contribution in [0.25, 0.3) is 0 Å². The summed E-state index contributed by atoms with van der Waals surface area (Å²) >= 11 is 10.6. The van der Waals surface area contributed by atoms with Crippen molar-refractivity contribution >= 4 is 49.1 Å². The van der Waals surface area contributed by atoms with Gasteiger partial charge in [-0.1, -0.05) is 39.4 Å². The molecule has 0 bridgehead atoms. The van der Waals surface area contributed by atoms with E-state index < -0.39 is 13.9 Å². The van der Waals surface area contributed by atoms with Gasteiger partial charge in [-0.2, -0.15) is 0 Å². The van der Waals surface area contributed by atoms with E-state index in [9.17, 15) is 8.42 Å². The van der Waals surface area contributed by atoms with Crippen molar-refractivity contribution in [2.45, 2.75) is 15.4 Å². The summed E-state index contributed by atoms with van der Waals surface area (Å²) in [6.45, 7) is 0.380. The third-order valence-electron chi connectivity index (χ3n) is 3.88. The number of benzene rings is 2. The molecule has 130 valence electrons. The van der Waals surface area contributed by atoms with Gasteiger partial charge in [-0.25, -0.2) is 8.42 Å². The Kier molecular flexibility index (Phi) is 5.81. The fourth-order valence-corrected chi connectivity index (χ4v) is 6.30. The highest BCUT2D eigenvalue weighted by molar-refractivity contribution is 9.10. The Morgan fingerprint density at radius 3 is 2.44 bits per heavy atom. The molecule has 0 spiro atoms. The van der Waals surface area contributed by atoms with Crippen molar-refractivity contribution in [3.63, 3.8) is 0 Å². The number of halogens is 2. The third-order valence-corrected chi connectivity index (χ3v) is 9.00. The van der Waals surface area contributed by atoms with Crippen LogP contribution in [-0.2, 0) is 9.84 Å². The van der Waals surface area contributed by atoms with E-state index in [-0.39, 0.29) is 6.42 Å². The second kappa shape index (κ2) is 7.73. The van der Waals surface area contributed by atoms with Gasteiger partial charge < -0.3 is 5.32 Å². The molecule has 1 heterocycles. The fourth-order valence-electron chi connectivity index (χ4n) is 2.50. The molecular formula is C18H15BrClNO2S2. The van der Waals surface area contributed by atoms with Gasteiger partial charge in [0.05, 0.1) is 4.90 Å². The molecule has 1 aliphatic heterocycles. The number of sulfone groups is 1. The van der Waals surface area contributed by atoms with Crippen molar-refractivity contribution in [3.05, 3.63) is 63.6 Å². The van der Waals surface area contributed by atoms with Crippen LogP contribution in [0.3, 0.4) is 0 Å². The maximum atomic E-state index is 13.2. The van der Waals surface area contributed by atoms with Crippen LogP contribution in [0.4, 0.5) is 0 Å². The predicted octanol–water partition coefficient (Wildman–Crippen LogP) is 4.31. The van der Waals surface area contributed by atoms with Gasteiger partial charge in [-0.15, -0.1) is 11.8 Å². The Morgan fingerprint density at radius 1 is 1.16 bits per heavy atom. The smallest absolute Gasteiger partial charge is 0.195 e. The molecule has 1 fully saturated rings. The van der Waals surface area contributed by atoms with E-state index >= 15 is 0 Å². The maximum Gasteiger partial charge on any atom is 0.195 e. The molecule has 1 aliphatic rings. The fraction of sp³-hybridized carbons (Fsp3) is 0.222. The van der Waals surface area contributed by atoms with Gasteiger partial charge in [0, 0.05) is 33.9 Å². The molecule has 2 aromatic rings. The Labute approximate surface area is 165 Å². The van der Waals surface area contributed by atoms with Gasteiger partial charge in [0.1, 0.15) is 4.08 Å². The van der Waals surface area contributed by atoms with Gasteiger partial charge in [0.25, 0.3) is 0 Å². The number of hydrogen-bond donors (Lipinski definition) is 1. The Balaban J connectivity index is 1.89. The molecule has 0 amide bonds. The van der Waals surface area contributed by atoms with E-state index in [2.05, 4.69) is 33.1 Å². The van der Waals surface area contributed by atoms with Crippen LogP contribution in [0.15, 0.2) is 57.9 Å². The molecule has 7 heteroatoms. The lowest BCUT2D eigenvalue weighted by molar-refractivity contribution is 0.568. The molecule has 1 N–H and O–H groups in total. The summed E-state index contributed by atoms with van der Waals surface area (Å²) in [6.07, 6.45) is 0.256. The number of thioether (sulfide) groups is 1. The molecule has 1 saturated heterocycles. The van der Waals surface area contributed by atoms with Crippen LogP contribution in [-0.4, -0.2) is 24.9 Å². The van der Waals surface area contributed by atoms with Crippen molar-refractivity contribution in [2.75, 3.05) is 12.4 Å². The summed E-state index contributed by atoms with van der Waals surface area (Å²) in [5, 5.41) is 3.79. The van der Waals surface area contributed by atoms with Crippen LogP contribution >= 0.6 is 39.3 Å². The quantitative estimate of drug-likeness (QED) is 0.699. The summed E-state index contributed by atoms with van der Waals surface area (Å²) in [5.41, 5.74) is 0.816. The highest BCUT2D eigenvalue weighted by atomic mass is 79.9. The molecule has 3 rings (SSSR count). The first kappa shape index (κ1) is 18.8. The highest BCUT2D eigenvalue weighted by Crippen LogP contribution is 2.41. The summed E-state index contributed by atoms with van der Waals surface area (Å²) in [5.74, 6) is 6.68. The second-order valence-corrected chi connectivity index (χ2v) is 10.8. The number of hydrogen-bond acceptors (Lipinski definition) is 4. The van der Waals surface area contributed by atoms with E-state index in [1.165, 1.54) is 11.8 Å². The zero-order valence-electron chi connectivity index (χ0n) is 13.1. The summed E-state index contributed by atoms with van der Waals surface area (Å²) in [7, 11) is -3.52. The summed E-state index contributed by atoms with van der Waals surface area (Å²) < 4.78 is 26.3. The van der Waals surface area contributed by atoms with Crippen molar-refractivity contribution in [2.24, 2.45) is 0 Å². The molecule has 0 saturated carbocycles. The minimum Gasteiger partial charge on any atom is -0.305 e. The Bertz CT molecular complexity index is 910. The van der Waals surface area contributed by atoms with Gasteiger partial charge >= 0.3 is 0 Å². The topological polar surface area (TPSA) is 46.2 Å². The van der Waals surface area contributed by atoms with E-state index in [0.29, 0.717) is 22.3 Å². The van der Waals surface area contributed by atoms with Gasteiger partial charge in [0.15, 0.2) is 9.84 Å². The average Bonchev–Trinajstić information content (AvgIpc) is 3.08. The lowest BCUT2D eigenvalue weighted by atomic mass is 10.2. The highest BCUT2D eigenvalue weighted by Gasteiger charge is 2.47. The van der Waals surface area contributed by atoms with Crippen LogP contribution in [0, 0.1) is 11.8 Å². The monoisotopic (exact) mass is 455 g/mol. The third kappa shape index (κ3) is 4.07. The molecule has 0 radical (unpaired) electrons. The normalized spacial score (nSPS) is 20.1. The van der Waals surface area contributed by atoms with E-state index in [1.807, 2.05) is 12.1 Å². The summed E-state index contributed by atoms with van der Waals surface area (Å²) in [4.78, 5) is 0.320. The molecule has 0 aliphatic carbocycles. The molecule has 2 aromatic carbocycles. The SMILES string of the molecule is O=S(=O)(c1ccc(Br)cc1)C1(CC#Cc2ccc(Cl)cc2)CNCS1. The first-order valence-electron chi connectivity index (χ1n) is 7.52. The molecule has 25 heavy (non-hydrogen) atoms. The van der Waals surface area contributed by atoms with Crippen LogP contribution in [0.1, 0.15) is 12.0 Å². The zero-order valence-corrected chi connectivity index (χ0v) is 17.1. The van der Waals surface area contributed by atoms with E-state index in [1.54, 1.807) is 36.4 Å². The first-order valence-corrected chi connectivity index (χ1v) is 11.2. The van der Waals surface area contributed by atoms with Crippen LogP contribution in [0.5, 0.6) is 0 Å². The first-order chi connectivity index (χ1) is 11.9. The zero-order chi connectivity index (χ0) is 17.9. The van der Waals surface area contributed by atoms with Crippen molar-refractivity contribution in [1.82, 2.24) is 5.32 Å². The minimum atomic E-state index is -3.52. The number of nitrogens with one attached hydrogen (secondary N) is 1. The van der Waals surface area contributed by atoms with Gasteiger partial charge in [0.2, 0.25) is 0 Å². The van der Waals surface area contributed by atoms with Gasteiger partial charge in [-0.05, 0) is 48.5 Å². The Hall–Kier alpha value is -0.970. The molecule has 3 nitrogen and oxygen atoms in total. The lowest BCUT2D eigenvalue weighted by Gasteiger charge is -2.25. The van der Waals surface area contributed by atoms with E-state index in [0.717, 1.165) is 10.0 Å². The largest absolute Gasteiger partial charge is 0.305 e. The van der Waals surface area contributed by atoms with Crippen LogP contribution in [0.2, 0.25) is 5.02 Å². The van der Waals surface area contributed by atoms with Crippen molar-refractivity contribution < 1.29 is 8.42 Å². The Morgan fingerprint density at radius 2 is 1.84 bits per heavy atom. The van der Waals surface area contributed by atoms with Crippen LogP contribution < -0.4 is 5.32 Å². The molecular weight excluding hydrogens is 442 g/mol. The predicted molar refractivity (Wildman–Crippen MR) is 107 cm³/mol. The molecule has 1 atom stereocenters. The van der Waals surface area contributed by atoms with Gasteiger partial charge in [-0.3, -0.25) is 0 Å². The van der Waals surface area contributed by atoms with Crippen molar-refractivity contribution in [3.8, 4) is 11.8 Å². The minimum absolute atomic E-state index is 0.256. The van der Waals surface area contributed by atoms with Crippen molar-refractivity contribution in [1.29, 1.82) is 0 Å². The maximum absolute atomic E-state index is 13.2. The lowest BCUT2D eigenvalue weighted by Crippen LogP contribution is -2.38. The second-order valence-electron chi connectivity index (χ2n) is 5.57. The molecule has 0 aromatic heterocycles. The average molecular weight is 457 g/mol. The molecule has 1 unspecified atom stereocenters. The standard InChI is InChI=1S/C18H15BrClNO2S2/c19-15-5-9-17(10-6-15)25(22,23)18(12-21-13-24-18)11-1-2-14-3-7-16(20)8-4-14/h3-10,21H,11-13H2.